The first-order valence-electron chi connectivity index (χ1n) is 8.08. The highest BCUT2D eigenvalue weighted by molar-refractivity contribution is 7.16. The van der Waals surface area contributed by atoms with Crippen LogP contribution in [0.3, 0.4) is 0 Å². The zero-order valence-corrected chi connectivity index (χ0v) is 14.5. The fourth-order valence-corrected chi connectivity index (χ4v) is 3.55. The number of β-amino-alcohol motifs (C(OH)–C–C–N with tert-alkyl or cyclic N) is 1. The lowest BCUT2D eigenvalue weighted by Gasteiger charge is -2.34. The summed E-state index contributed by atoms with van der Waals surface area (Å²) in [5, 5.41) is 17.1. The zero-order valence-electron chi connectivity index (χ0n) is 13.7. The van der Waals surface area contributed by atoms with Gasteiger partial charge in [-0.2, -0.15) is 0 Å². The molecular formula is C16H24N4O2S. The molecular weight excluding hydrogens is 312 g/mol. The minimum Gasteiger partial charge on any atom is -0.387 e. The van der Waals surface area contributed by atoms with Crippen molar-refractivity contribution in [3.63, 3.8) is 0 Å². The number of hydrogen-bond donors (Lipinski definition) is 2. The van der Waals surface area contributed by atoms with Crippen LogP contribution >= 0.6 is 11.3 Å². The van der Waals surface area contributed by atoms with Crippen molar-refractivity contribution in [2.45, 2.75) is 25.9 Å². The van der Waals surface area contributed by atoms with E-state index in [1.165, 1.54) is 0 Å². The van der Waals surface area contributed by atoms with Gasteiger partial charge in [-0.05, 0) is 18.4 Å². The van der Waals surface area contributed by atoms with Gasteiger partial charge >= 0.3 is 0 Å². The van der Waals surface area contributed by atoms with Crippen molar-refractivity contribution >= 4 is 27.4 Å². The number of aromatic nitrogens is 2. The Kier molecular flexibility index (Phi) is 5.11. The van der Waals surface area contributed by atoms with Crippen molar-refractivity contribution in [1.29, 1.82) is 0 Å². The SMILES string of the molecule is CCc1nc(NCC(C)(O)CN2CCOCC2)c2ccsc2n1. The van der Waals surface area contributed by atoms with E-state index in [1.54, 1.807) is 11.3 Å². The number of morpholine rings is 1. The Morgan fingerprint density at radius 1 is 1.39 bits per heavy atom. The maximum atomic E-state index is 10.7. The van der Waals surface area contributed by atoms with Crippen molar-refractivity contribution in [2.24, 2.45) is 0 Å². The largest absolute Gasteiger partial charge is 0.387 e. The van der Waals surface area contributed by atoms with Gasteiger partial charge in [0.2, 0.25) is 0 Å². The number of aryl methyl sites for hydroxylation is 1. The molecule has 3 heterocycles. The van der Waals surface area contributed by atoms with E-state index >= 15 is 0 Å². The fourth-order valence-electron chi connectivity index (χ4n) is 2.76. The van der Waals surface area contributed by atoms with E-state index in [0.29, 0.717) is 13.1 Å². The Morgan fingerprint density at radius 3 is 2.91 bits per heavy atom. The maximum Gasteiger partial charge on any atom is 0.138 e. The summed E-state index contributed by atoms with van der Waals surface area (Å²) in [5.41, 5.74) is -0.822. The molecule has 0 amide bonds. The van der Waals surface area contributed by atoms with Crippen LogP contribution in [0.25, 0.3) is 10.2 Å². The summed E-state index contributed by atoms with van der Waals surface area (Å²) in [7, 11) is 0. The van der Waals surface area contributed by atoms with Crippen LogP contribution in [0.2, 0.25) is 0 Å². The molecule has 2 aromatic heterocycles. The number of ether oxygens (including phenoxy) is 1. The second-order valence-electron chi connectivity index (χ2n) is 6.22. The Balaban J connectivity index is 1.68. The van der Waals surface area contributed by atoms with E-state index < -0.39 is 5.60 Å². The summed E-state index contributed by atoms with van der Waals surface area (Å²) in [6, 6.07) is 2.03. The predicted octanol–water partition coefficient (Wildman–Crippen LogP) is 1.75. The van der Waals surface area contributed by atoms with Crippen LogP contribution in [0, 0.1) is 0 Å². The van der Waals surface area contributed by atoms with Crippen LogP contribution in [-0.4, -0.2) is 65.0 Å². The molecule has 7 heteroatoms. The molecule has 126 valence electrons. The molecule has 2 aromatic rings. The Bertz CT molecular complexity index is 653. The van der Waals surface area contributed by atoms with Crippen molar-refractivity contribution in [2.75, 3.05) is 44.7 Å². The highest BCUT2D eigenvalue weighted by Gasteiger charge is 2.25. The number of thiophene rings is 1. The minimum absolute atomic E-state index is 0.454. The second kappa shape index (κ2) is 7.09. The molecule has 0 radical (unpaired) electrons. The van der Waals surface area contributed by atoms with E-state index in [9.17, 15) is 5.11 Å². The van der Waals surface area contributed by atoms with E-state index in [-0.39, 0.29) is 0 Å². The van der Waals surface area contributed by atoms with Crippen LogP contribution in [-0.2, 0) is 11.2 Å². The third-order valence-corrected chi connectivity index (χ3v) is 4.80. The predicted molar refractivity (Wildman–Crippen MR) is 93.2 cm³/mol. The van der Waals surface area contributed by atoms with E-state index in [2.05, 4.69) is 20.2 Å². The molecule has 1 aliphatic heterocycles. The molecule has 6 nitrogen and oxygen atoms in total. The lowest BCUT2D eigenvalue weighted by molar-refractivity contribution is -0.0163. The van der Waals surface area contributed by atoms with Crippen LogP contribution in [0.4, 0.5) is 5.82 Å². The molecule has 3 rings (SSSR count). The number of nitrogens with zero attached hydrogens (tertiary/aromatic N) is 3. The quantitative estimate of drug-likeness (QED) is 0.837. The smallest absolute Gasteiger partial charge is 0.138 e. The van der Waals surface area contributed by atoms with Gasteiger partial charge in [0.1, 0.15) is 16.5 Å². The number of aliphatic hydroxyl groups is 1. The first-order chi connectivity index (χ1) is 11.1. The molecule has 1 atom stereocenters. The molecule has 1 unspecified atom stereocenters. The van der Waals surface area contributed by atoms with E-state index in [1.807, 2.05) is 25.3 Å². The van der Waals surface area contributed by atoms with Crippen molar-refractivity contribution < 1.29 is 9.84 Å². The van der Waals surface area contributed by atoms with Gasteiger partial charge in [0.25, 0.3) is 0 Å². The average molecular weight is 336 g/mol. The Hall–Kier alpha value is -1.28. The average Bonchev–Trinajstić information content (AvgIpc) is 3.01. The Morgan fingerprint density at radius 2 is 2.17 bits per heavy atom. The fraction of sp³-hybridized carbons (Fsp3) is 0.625. The zero-order chi connectivity index (χ0) is 16.3. The monoisotopic (exact) mass is 336 g/mol. The van der Waals surface area contributed by atoms with Gasteiger partial charge < -0.3 is 15.2 Å². The molecule has 0 bridgehead atoms. The van der Waals surface area contributed by atoms with E-state index in [4.69, 9.17) is 4.74 Å². The minimum atomic E-state index is -0.822. The Labute approximate surface area is 140 Å². The molecule has 0 spiro atoms. The number of fused-ring (bicyclic) bond motifs is 1. The lowest BCUT2D eigenvalue weighted by Crippen LogP contribution is -2.49. The first-order valence-corrected chi connectivity index (χ1v) is 8.96. The first kappa shape index (κ1) is 16.6. The van der Waals surface area contributed by atoms with Crippen LogP contribution in [0.1, 0.15) is 19.7 Å². The molecule has 1 fully saturated rings. The molecule has 0 aliphatic carbocycles. The number of hydrogen-bond acceptors (Lipinski definition) is 7. The second-order valence-corrected chi connectivity index (χ2v) is 7.12. The highest BCUT2D eigenvalue weighted by Crippen LogP contribution is 2.25. The summed E-state index contributed by atoms with van der Waals surface area (Å²) < 4.78 is 5.35. The van der Waals surface area contributed by atoms with Crippen molar-refractivity contribution in [3.8, 4) is 0 Å². The van der Waals surface area contributed by atoms with Crippen molar-refractivity contribution in [1.82, 2.24) is 14.9 Å². The standard InChI is InChI=1S/C16H24N4O2S/c1-3-13-18-14(12-4-9-23-15(12)19-13)17-10-16(2,21)11-20-5-7-22-8-6-20/h4,9,21H,3,5-8,10-11H2,1-2H3,(H,17,18,19). The molecule has 23 heavy (non-hydrogen) atoms. The summed E-state index contributed by atoms with van der Waals surface area (Å²) in [4.78, 5) is 12.3. The summed E-state index contributed by atoms with van der Waals surface area (Å²) >= 11 is 1.62. The lowest BCUT2D eigenvalue weighted by atomic mass is 10.1. The van der Waals surface area contributed by atoms with Crippen LogP contribution in [0.15, 0.2) is 11.4 Å². The van der Waals surface area contributed by atoms with Crippen LogP contribution < -0.4 is 5.32 Å². The maximum absolute atomic E-state index is 10.7. The van der Waals surface area contributed by atoms with Gasteiger partial charge in [0, 0.05) is 32.6 Å². The summed E-state index contributed by atoms with van der Waals surface area (Å²) in [6.07, 6.45) is 0.798. The van der Waals surface area contributed by atoms with Crippen molar-refractivity contribution in [3.05, 3.63) is 17.3 Å². The van der Waals surface area contributed by atoms with Gasteiger partial charge in [-0.15, -0.1) is 11.3 Å². The third-order valence-electron chi connectivity index (χ3n) is 3.99. The van der Waals surface area contributed by atoms with Crippen LogP contribution in [0.5, 0.6) is 0 Å². The normalized spacial score (nSPS) is 18.9. The molecule has 0 aromatic carbocycles. The van der Waals surface area contributed by atoms with Gasteiger partial charge in [0.05, 0.1) is 24.2 Å². The molecule has 1 saturated heterocycles. The number of rotatable bonds is 6. The van der Waals surface area contributed by atoms with Gasteiger partial charge in [-0.1, -0.05) is 6.92 Å². The molecule has 0 saturated carbocycles. The number of anilines is 1. The topological polar surface area (TPSA) is 70.5 Å². The third kappa shape index (κ3) is 4.17. The van der Waals surface area contributed by atoms with Gasteiger partial charge in [0.15, 0.2) is 0 Å². The highest BCUT2D eigenvalue weighted by atomic mass is 32.1. The van der Waals surface area contributed by atoms with Gasteiger partial charge in [-0.3, -0.25) is 4.90 Å². The van der Waals surface area contributed by atoms with Gasteiger partial charge in [-0.25, -0.2) is 9.97 Å². The summed E-state index contributed by atoms with van der Waals surface area (Å²) in [5.74, 6) is 1.64. The summed E-state index contributed by atoms with van der Waals surface area (Å²) in [6.45, 7) is 8.22. The van der Waals surface area contributed by atoms with E-state index in [0.717, 1.165) is 54.6 Å². The molecule has 2 N–H and O–H groups in total. The number of nitrogens with one attached hydrogen (secondary N) is 1. The molecule has 1 aliphatic rings.